The zero-order valence-electron chi connectivity index (χ0n) is 16.8. The van der Waals surface area contributed by atoms with Crippen molar-refractivity contribution < 1.29 is 13.9 Å². The molecule has 6 heteroatoms. The first-order valence-corrected chi connectivity index (χ1v) is 10.2. The molecule has 2 aliphatic rings. The van der Waals surface area contributed by atoms with Gasteiger partial charge in [0.2, 0.25) is 0 Å². The van der Waals surface area contributed by atoms with Gasteiger partial charge in [0, 0.05) is 36.1 Å². The number of hydrogen-bond acceptors (Lipinski definition) is 5. The molecule has 1 saturated heterocycles. The van der Waals surface area contributed by atoms with E-state index in [0.717, 1.165) is 80.4 Å². The van der Waals surface area contributed by atoms with Crippen LogP contribution in [0.4, 0.5) is 0 Å². The van der Waals surface area contributed by atoms with E-state index in [-0.39, 0.29) is 18.1 Å². The van der Waals surface area contributed by atoms with Gasteiger partial charge in [-0.15, -0.1) is 0 Å². The molecule has 0 radical (unpaired) electrons. The van der Waals surface area contributed by atoms with Gasteiger partial charge in [0.15, 0.2) is 6.61 Å². The van der Waals surface area contributed by atoms with E-state index in [1.807, 2.05) is 24.0 Å². The summed E-state index contributed by atoms with van der Waals surface area (Å²) >= 11 is 0. The zero-order chi connectivity index (χ0) is 19.7. The second-order valence-electron chi connectivity index (χ2n) is 7.95. The molecule has 2 heterocycles. The van der Waals surface area contributed by atoms with Gasteiger partial charge < -0.3 is 19.0 Å². The summed E-state index contributed by atoms with van der Waals surface area (Å²) in [6.07, 6.45) is 4.83. The lowest BCUT2D eigenvalue weighted by molar-refractivity contribution is -0.133. The van der Waals surface area contributed by atoms with E-state index in [1.54, 1.807) is 0 Å². The van der Waals surface area contributed by atoms with Crippen molar-refractivity contribution in [3.63, 3.8) is 0 Å². The molecule has 1 fully saturated rings. The highest BCUT2D eigenvalue weighted by Gasteiger charge is 2.21. The molecule has 0 spiro atoms. The van der Waals surface area contributed by atoms with Crippen molar-refractivity contribution in [2.75, 3.05) is 39.8 Å². The van der Waals surface area contributed by atoms with Gasteiger partial charge in [-0.25, -0.2) is 4.79 Å². The van der Waals surface area contributed by atoms with Gasteiger partial charge in [-0.05, 0) is 70.3 Å². The molecule has 4 rings (SSSR count). The molecule has 150 valence electrons. The Morgan fingerprint density at radius 1 is 1.07 bits per heavy atom. The van der Waals surface area contributed by atoms with Gasteiger partial charge in [0.05, 0.1) is 0 Å². The minimum absolute atomic E-state index is 0.00157. The molecule has 0 N–H and O–H groups in total. The number of amides is 1. The summed E-state index contributed by atoms with van der Waals surface area (Å²) in [4.78, 5) is 29.1. The van der Waals surface area contributed by atoms with Crippen LogP contribution in [-0.4, -0.2) is 55.5 Å². The number of carbonyl (C=O) groups excluding carboxylic acids is 1. The average molecular weight is 384 g/mol. The van der Waals surface area contributed by atoms with E-state index >= 15 is 0 Å². The lowest BCUT2D eigenvalue weighted by Gasteiger charge is -2.21. The van der Waals surface area contributed by atoms with Crippen LogP contribution in [-0.2, 0) is 17.6 Å². The summed E-state index contributed by atoms with van der Waals surface area (Å²) in [6.45, 7) is 5.29. The molecule has 1 aliphatic carbocycles. The van der Waals surface area contributed by atoms with Gasteiger partial charge in [0.1, 0.15) is 11.3 Å². The van der Waals surface area contributed by atoms with Crippen LogP contribution in [0.5, 0.6) is 5.75 Å². The highest BCUT2D eigenvalue weighted by atomic mass is 16.5. The zero-order valence-corrected chi connectivity index (χ0v) is 16.8. The van der Waals surface area contributed by atoms with Gasteiger partial charge in [0.25, 0.3) is 5.91 Å². The van der Waals surface area contributed by atoms with E-state index in [0.29, 0.717) is 11.3 Å². The maximum absolute atomic E-state index is 12.6. The van der Waals surface area contributed by atoms with Crippen molar-refractivity contribution >= 4 is 16.9 Å². The Kier molecular flexibility index (Phi) is 5.40. The van der Waals surface area contributed by atoms with Crippen LogP contribution in [0.1, 0.15) is 36.0 Å². The van der Waals surface area contributed by atoms with Gasteiger partial charge in [-0.2, -0.15) is 0 Å². The monoisotopic (exact) mass is 384 g/mol. The molecule has 1 aliphatic heterocycles. The third kappa shape index (κ3) is 3.65. The molecule has 2 aromatic rings. The topological polar surface area (TPSA) is 63.0 Å². The van der Waals surface area contributed by atoms with Gasteiger partial charge in [-0.3, -0.25) is 4.79 Å². The number of likely N-dealkylation sites (N-methyl/N-ethyl adjacent to an activating group) is 1. The number of aryl methyl sites for hydroxylation is 2. The summed E-state index contributed by atoms with van der Waals surface area (Å²) in [5.41, 5.74) is 3.09. The maximum Gasteiger partial charge on any atom is 0.339 e. The number of benzene rings is 1. The molecule has 0 bridgehead atoms. The molecule has 1 amide bonds. The lowest BCUT2D eigenvalue weighted by Crippen LogP contribution is -2.37. The predicted octanol–water partition coefficient (Wildman–Crippen LogP) is 2.52. The summed E-state index contributed by atoms with van der Waals surface area (Å²) < 4.78 is 11.5. The average Bonchev–Trinajstić information content (AvgIpc) is 2.92. The second-order valence-corrected chi connectivity index (χ2v) is 7.95. The molecule has 1 aromatic heterocycles. The van der Waals surface area contributed by atoms with Crippen molar-refractivity contribution in [2.45, 2.75) is 39.0 Å². The Labute approximate surface area is 165 Å². The van der Waals surface area contributed by atoms with Crippen molar-refractivity contribution in [3.05, 3.63) is 39.2 Å². The number of rotatable bonds is 3. The Hall–Kier alpha value is -2.34. The first-order chi connectivity index (χ1) is 13.5. The molecule has 6 nitrogen and oxygen atoms in total. The van der Waals surface area contributed by atoms with Crippen molar-refractivity contribution in [1.29, 1.82) is 0 Å². The smallest absolute Gasteiger partial charge is 0.339 e. The fourth-order valence-corrected chi connectivity index (χ4v) is 4.31. The Balaban J connectivity index is 1.54. The minimum atomic E-state index is -0.229. The first-order valence-electron chi connectivity index (χ1n) is 10.2. The predicted molar refractivity (Wildman–Crippen MR) is 108 cm³/mol. The van der Waals surface area contributed by atoms with Crippen LogP contribution in [0.2, 0.25) is 0 Å². The van der Waals surface area contributed by atoms with Crippen LogP contribution in [0.3, 0.4) is 0 Å². The highest BCUT2D eigenvalue weighted by molar-refractivity contribution is 5.86. The fraction of sp³-hybridized carbons (Fsp3) is 0.545. The SMILES string of the molecule is Cc1c(OCC(=O)N2CCCN(C)CC2)ccc2c3c(c(=O)oc12)CCCC3. The summed E-state index contributed by atoms with van der Waals surface area (Å²) in [6, 6.07) is 3.87. The molecule has 0 atom stereocenters. The third-order valence-electron chi connectivity index (χ3n) is 6.01. The summed E-state index contributed by atoms with van der Waals surface area (Å²) in [5.74, 6) is 0.605. The number of nitrogens with zero attached hydrogens (tertiary/aromatic N) is 2. The largest absolute Gasteiger partial charge is 0.483 e. The molecular formula is C22H28N2O4. The van der Waals surface area contributed by atoms with E-state index in [1.165, 1.54) is 0 Å². The van der Waals surface area contributed by atoms with Crippen molar-refractivity contribution in [2.24, 2.45) is 0 Å². The lowest BCUT2D eigenvalue weighted by atomic mass is 9.90. The summed E-state index contributed by atoms with van der Waals surface area (Å²) in [5, 5.41) is 1.00. The Morgan fingerprint density at radius 3 is 2.68 bits per heavy atom. The molecule has 28 heavy (non-hydrogen) atoms. The van der Waals surface area contributed by atoms with Crippen LogP contribution in [0, 0.1) is 6.92 Å². The van der Waals surface area contributed by atoms with Gasteiger partial charge in [-0.1, -0.05) is 0 Å². The fourth-order valence-electron chi connectivity index (χ4n) is 4.31. The van der Waals surface area contributed by atoms with E-state index in [2.05, 4.69) is 11.9 Å². The van der Waals surface area contributed by atoms with Gasteiger partial charge >= 0.3 is 5.63 Å². The van der Waals surface area contributed by atoms with E-state index in [4.69, 9.17) is 9.15 Å². The molecule has 0 saturated carbocycles. The number of hydrogen-bond donors (Lipinski definition) is 0. The Bertz CT molecular complexity index is 950. The van der Waals surface area contributed by atoms with Crippen molar-refractivity contribution in [1.82, 2.24) is 9.80 Å². The van der Waals surface area contributed by atoms with Crippen LogP contribution >= 0.6 is 0 Å². The third-order valence-corrected chi connectivity index (χ3v) is 6.01. The molecule has 1 aromatic carbocycles. The minimum Gasteiger partial charge on any atom is -0.483 e. The normalized spacial score (nSPS) is 18.0. The maximum atomic E-state index is 12.6. The van der Waals surface area contributed by atoms with E-state index < -0.39 is 0 Å². The van der Waals surface area contributed by atoms with Crippen LogP contribution < -0.4 is 10.4 Å². The second kappa shape index (κ2) is 7.95. The summed E-state index contributed by atoms with van der Waals surface area (Å²) in [7, 11) is 2.08. The molecule has 0 unspecified atom stereocenters. The Morgan fingerprint density at radius 2 is 1.86 bits per heavy atom. The van der Waals surface area contributed by atoms with Crippen molar-refractivity contribution in [3.8, 4) is 5.75 Å². The highest BCUT2D eigenvalue weighted by Crippen LogP contribution is 2.32. The van der Waals surface area contributed by atoms with E-state index in [9.17, 15) is 9.59 Å². The van der Waals surface area contributed by atoms with Crippen LogP contribution in [0.25, 0.3) is 11.0 Å². The first kappa shape index (κ1) is 19.0. The molecular weight excluding hydrogens is 356 g/mol. The number of fused-ring (bicyclic) bond motifs is 3. The van der Waals surface area contributed by atoms with Crippen LogP contribution in [0.15, 0.2) is 21.3 Å². The quantitative estimate of drug-likeness (QED) is 0.761. The number of carbonyl (C=O) groups is 1. The standard InChI is InChI=1S/C22H28N2O4/c1-15-19(27-14-20(25)24-11-5-10-23(2)12-13-24)9-8-17-16-6-3-4-7-18(16)22(26)28-21(15)17/h8-9H,3-7,10-14H2,1-2H3. The number of ether oxygens (including phenoxy) is 1.